The molecule has 1 unspecified atom stereocenters. The molecule has 0 saturated heterocycles. The summed E-state index contributed by atoms with van der Waals surface area (Å²) in [4.78, 5) is 24.1. The van der Waals surface area contributed by atoms with Crippen molar-refractivity contribution in [3.05, 3.63) is 28.8 Å². The van der Waals surface area contributed by atoms with Crippen LogP contribution in [0.4, 0.5) is 0 Å². The minimum atomic E-state index is -0.971. The van der Waals surface area contributed by atoms with E-state index in [0.29, 0.717) is 10.8 Å². The molecule has 1 amide bonds. The number of ether oxygens (including phenoxy) is 1. The molecular formula is C14H19ClN2O4. The van der Waals surface area contributed by atoms with E-state index < -0.39 is 12.0 Å². The molecule has 116 valence electrons. The molecule has 0 aromatic heterocycles. The van der Waals surface area contributed by atoms with Gasteiger partial charge in [0.05, 0.1) is 13.7 Å². The molecule has 0 heterocycles. The van der Waals surface area contributed by atoms with E-state index in [2.05, 4.69) is 5.32 Å². The van der Waals surface area contributed by atoms with E-state index in [1.165, 1.54) is 18.9 Å². The van der Waals surface area contributed by atoms with Crippen molar-refractivity contribution < 1.29 is 19.4 Å². The zero-order chi connectivity index (χ0) is 16.0. The lowest BCUT2D eigenvalue weighted by Crippen LogP contribution is -2.42. The van der Waals surface area contributed by atoms with Crippen LogP contribution in [0.1, 0.15) is 12.5 Å². The number of aliphatic carboxylic acids is 1. The smallest absolute Gasteiger partial charge is 0.320 e. The fraction of sp³-hybridized carbons (Fsp3) is 0.429. The number of rotatable bonds is 7. The highest BCUT2D eigenvalue weighted by atomic mass is 35.5. The van der Waals surface area contributed by atoms with E-state index in [1.807, 2.05) is 0 Å². The van der Waals surface area contributed by atoms with Crippen LogP contribution in [0.3, 0.4) is 0 Å². The molecule has 21 heavy (non-hydrogen) atoms. The Hall–Kier alpha value is -1.79. The third-order valence-corrected chi connectivity index (χ3v) is 3.37. The average Bonchev–Trinajstić information content (AvgIpc) is 2.44. The van der Waals surface area contributed by atoms with Crippen LogP contribution in [0.2, 0.25) is 5.02 Å². The number of nitrogens with one attached hydrogen (secondary N) is 1. The number of benzene rings is 1. The van der Waals surface area contributed by atoms with Gasteiger partial charge in [-0.15, -0.1) is 0 Å². The van der Waals surface area contributed by atoms with Gasteiger partial charge in [0.2, 0.25) is 5.91 Å². The van der Waals surface area contributed by atoms with Gasteiger partial charge in [0, 0.05) is 17.1 Å². The molecule has 6 nitrogen and oxygen atoms in total. The number of hydrogen-bond acceptors (Lipinski definition) is 4. The molecule has 0 aliphatic heterocycles. The van der Waals surface area contributed by atoms with E-state index in [1.54, 1.807) is 25.2 Å². The summed E-state index contributed by atoms with van der Waals surface area (Å²) in [6.45, 7) is 1.78. The molecule has 0 spiro atoms. The Morgan fingerprint density at radius 2 is 2.14 bits per heavy atom. The standard InChI is InChI=1S/C14H19ClN2O4/c1-9(14(19)20)17(2)8-13(18)16-7-10-6-11(15)4-5-12(10)21-3/h4-6,9H,7-8H2,1-3H3,(H,16,18)(H,19,20). The maximum absolute atomic E-state index is 11.8. The van der Waals surface area contributed by atoms with Crippen LogP contribution in [0, 0.1) is 0 Å². The Labute approximate surface area is 128 Å². The number of nitrogens with zero attached hydrogens (tertiary/aromatic N) is 1. The third kappa shape index (κ3) is 5.24. The first-order valence-electron chi connectivity index (χ1n) is 6.37. The zero-order valence-electron chi connectivity index (χ0n) is 12.2. The molecule has 0 saturated carbocycles. The summed E-state index contributed by atoms with van der Waals surface area (Å²) in [7, 11) is 3.12. The van der Waals surface area contributed by atoms with Gasteiger partial charge in [-0.05, 0) is 32.2 Å². The van der Waals surface area contributed by atoms with Gasteiger partial charge in [-0.3, -0.25) is 14.5 Å². The largest absolute Gasteiger partial charge is 0.496 e. The number of amides is 1. The highest BCUT2D eigenvalue weighted by molar-refractivity contribution is 6.30. The van der Waals surface area contributed by atoms with Gasteiger partial charge in [-0.25, -0.2) is 0 Å². The average molecular weight is 315 g/mol. The molecule has 1 rings (SSSR count). The van der Waals surface area contributed by atoms with E-state index >= 15 is 0 Å². The summed E-state index contributed by atoms with van der Waals surface area (Å²) in [5, 5.41) is 12.1. The molecular weight excluding hydrogens is 296 g/mol. The highest BCUT2D eigenvalue weighted by Crippen LogP contribution is 2.22. The number of carbonyl (C=O) groups excluding carboxylic acids is 1. The van der Waals surface area contributed by atoms with Gasteiger partial charge in [0.25, 0.3) is 0 Å². The van der Waals surface area contributed by atoms with Gasteiger partial charge in [-0.1, -0.05) is 11.6 Å². The van der Waals surface area contributed by atoms with E-state index in [9.17, 15) is 9.59 Å². The number of carbonyl (C=O) groups is 2. The van der Waals surface area contributed by atoms with Crippen LogP contribution >= 0.6 is 11.6 Å². The molecule has 0 aliphatic carbocycles. The van der Waals surface area contributed by atoms with Crippen LogP contribution in [0.25, 0.3) is 0 Å². The number of methoxy groups -OCH3 is 1. The van der Waals surface area contributed by atoms with Crippen molar-refractivity contribution in [1.82, 2.24) is 10.2 Å². The van der Waals surface area contributed by atoms with Crippen LogP contribution in [-0.2, 0) is 16.1 Å². The second-order valence-electron chi connectivity index (χ2n) is 4.66. The summed E-state index contributed by atoms with van der Waals surface area (Å²) in [5.74, 6) is -0.610. The maximum atomic E-state index is 11.8. The van der Waals surface area contributed by atoms with Crippen molar-refractivity contribution in [3.8, 4) is 5.75 Å². The lowest BCUT2D eigenvalue weighted by atomic mass is 10.2. The second-order valence-corrected chi connectivity index (χ2v) is 5.10. The van der Waals surface area contributed by atoms with Gasteiger partial charge in [0.1, 0.15) is 11.8 Å². The van der Waals surface area contributed by atoms with Gasteiger partial charge < -0.3 is 15.2 Å². The van der Waals surface area contributed by atoms with Crippen molar-refractivity contribution in [2.45, 2.75) is 19.5 Å². The summed E-state index contributed by atoms with van der Waals surface area (Å²) in [6, 6.07) is 4.41. The second kappa shape index (κ2) is 7.85. The van der Waals surface area contributed by atoms with Crippen LogP contribution in [0.5, 0.6) is 5.75 Å². The first-order chi connectivity index (χ1) is 9.85. The van der Waals surface area contributed by atoms with Gasteiger partial charge >= 0.3 is 5.97 Å². The predicted octanol–water partition coefficient (Wildman–Crippen LogP) is 1.37. The number of carboxylic acid groups (broad SMARTS) is 1. The molecule has 1 aromatic rings. The normalized spacial score (nSPS) is 12.0. The van der Waals surface area contributed by atoms with E-state index in [-0.39, 0.29) is 19.0 Å². The van der Waals surface area contributed by atoms with Crippen molar-refractivity contribution in [2.24, 2.45) is 0 Å². The van der Waals surface area contributed by atoms with Gasteiger partial charge in [-0.2, -0.15) is 0 Å². The van der Waals surface area contributed by atoms with Gasteiger partial charge in [0.15, 0.2) is 0 Å². The van der Waals surface area contributed by atoms with Crippen LogP contribution in [0.15, 0.2) is 18.2 Å². The number of halogens is 1. The first-order valence-corrected chi connectivity index (χ1v) is 6.75. The van der Waals surface area contributed by atoms with Crippen molar-refractivity contribution in [2.75, 3.05) is 20.7 Å². The number of hydrogen-bond donors (Lipinski definition) is 2. The fourth-order valence-corrected chi connectivity index (χ4v) is 1.88. The molecule has 0 radical (unpaired) electrons. The zero-order valence-corrected chi connectivity index (χ0v) is 13.0. The Bertz CT molecular complexity index is 522. The lowest BCUT2D eigenvalue weighted by Gasteiger charge is -2.20. The van der Waals surface area contributed by atoms with Crippen molar-refractivity contribution in [1.29, 1.82) is 0 Å². The van der Waals surface area contributed by atoms with Crippen LogP contribution in [-0.4, -0.2) is 48.6 Å². The Balaban J connectivity index is 2.57. The molecule has 7 heteroatoms. The quantitative estimate of drug-likeness (QED) is 0.794. The summed E-state index contributed by atoms with van der Waals surface area (Å²) < 4.78 is 5.19. The minimum absolute atomic E-state index is 0.00362. The fourth-order valence-electron chi connectivity index (χ4n) is 1.69. The third-order valence-electron chi connectivity index (χ3n) is 3.13. The van der Waals surface area contributed by atoms with E-state index in [4.69, 9.17) is 21.4 Å². The number of carboxylic acids is 1. The lowest BCUT2D eigenvalue weighted by molar-refractivity contribution is -0.142. The Morgan fingerprint density at radius 1 is 1.48 bits per heavy atom. The number of likely N-dealkylation sites (N-methyl/N-ethyl adjacent to an activating group) is 1. The van der Waals surface area contributed by atoms with Crippen LogP contribution < -0.4 is 10.1 Å². The molecule has 0 bridgehead atoms. The highest BCUT2D eigenvalue weighted by Gasteiger charge is 2.19. The molecule has 2 N–H and O–H groups in total. The van der Waals surface area contributed by atoms with Crippen molar-refractivity contribution in [3.63, 3.8) is 0 Å². The Kier molecular flexibility index (Phi) is 6.45. The topological polar surface area (TPSA) is 78.9 Å². The SMILES string of the molecule is COc1ccc(Cl)cc1CNC(=O)CN(C)C(C)C(=O)O. The molecule has 0 fully saturated rings. The minimum Gasteiger partial charge on any atom is -0.496 e. The summed E-state index contributed by atoms with van der Waals surface area (Å²) in [5.41, 5.74) is 0.757. The molecule has 0 aliphatic rings. The molecule has 1 atom stereocenters. The summed E-state index contributed by atoms with van der Waals surface area (Å²) >= 11 is 5.91. The first kappa shape index (κ1) is 17.3. The predicted molar refractivity (Wildman–Crippen MR) is 79.6 cm³/mol. The molecule has 1 aromatic carbocycles. The van der Waals surface area contributed by atoms with E-state index in [0.717, 1.165) is 5.56 Å². The monoisotopic (exact) mass is 314 g/mol. The maximum Gasteiger partial charge on any atom is 0.320 e. The Morgan fingerprint density at radius 3 is 2.71 bits per heavy atom. The van der Waals surface area contributed by atoms with Crippen molar-refractivity contribution >= 4 is 23.5 Å². The summed E-state index contributed by atoms with van der Waals surface area (Å²) in [6.07, 6.45) is 0.